The van der Waals surface area contributed by atoms with E-state index in [0.29, 0.717) is 23.0 Å². The molecule has 6 heteroatoms. The minimum Gasteiger partial charge on any atom is -0.491 e. The zero-order valence-corrected chi connectivity index (χ0v) is 13.6. The van der Waals surface area contributed by atoms with Gasteiger partial charge in [0.05, 0.1) is 13.2 Å². The molecule has 0 fully saturated rings. The summed E-state index contributed by atoms with van der Waals surface area (Å²) in [5, 5.41) is 17.4. The molecule has 2 rings (SSSR count). The fraction of sp³-hybridized carbons (Fsp3) is 0.333. The summed E-state index contributed by atoms with van der Waals surface area (Å²) in [4.78, 5) is 0. The summed E-state index contributed by atoms with van der Waals surface area (Å²) >= 11 is 0. The number of hydrogen-bond acceptors (Lipinski definition) is 6. The lowest BCUT2D eigenvalue weighted by molar-refractivity contribution is 0.0222. The Labute approximate surface area is 141 Å². The second-order valence-corrected chi connectivity index (χ2v) is 4.89. The Kier molecular flexibility index (Phi) is 7.20. The van der Waals surface area contributed by atoms with Gasteiger partial charge in [-0.25, -0.2) is 0 Å². The zero-order chi connectivity index (χ0) is 17.2. The van der Waals surface area contributed by atoms with Crippen LogP contribution in [0.2, 0.25) is 0 Å². The van der Waals surface area contributed by atoms with E-state index in [1.54, 1.807) is 55.5 Å². The topological polar surface area (TPSA) is 77.4 Å². The number of aliphatic hydroxyl groups excluding tert-OH is 2. The van der Waals surface area contributed by atoms with Crippen molar-refractivity contribution in [3.8, 4) is 23.0 Å². The Morgan fingerprint density at radius 1 is 0.667 bits per heavy atom. The monoisotopic (exact) mass is 334 g/mol. The summed E-state index contributed by atoms with van der Waals surface area (Å²) in [6.07, 6.45) is -0.474. The van der Waals surface area contributed by atoms with Crippen LogP contribution in [-0.2, 0) is 0 Å². The molecule has 130 valence electrons. The van der Waals surface area contributed by atoms with Gasteiger partial charge < -0.3 is 29.2 Å². The fourth-order valence-electron chi connectivity index (χ4n) is 1.96. The minimum absolute atomic E-state index is 0.0209. The van der Waals surface area contributed by atoms with Gasteiger partial charge in [0.2, 0.25) is 6.29 Å². The van der Waals surface area contributed by atoms with Crippen molar-refractivity contribution in [2.75, 3.05) is 26.4 Å². The second-order valence-electron chi connectivity index (χ2n) is 4.89. The van der Waals surface area contributed by atoms with E-state index < -0.39 is 6.29 Å². The van der Waals surface area contributed by atoms with E-state index in [-0.39, 0.29) is 26.4 Å². The van der Waals surface area contributed by atoms with Gasteiger partial charge in [-0.05, 0) is 48.5 Å². The van der Waals surface area contributed by atoms with Crippen LogP contribution in [0.25, 0.3) is 0 Å². The van der Waals surface area contributed by atoms with E-state index in [0.717, 1.165) is 0 Å². The van der Waals surface area contributed by atoms with E-state index in [1.807, 2.05) is 0 Å². The first-order valence-electron chi connectivity index (χ1n) is 7.72. The van der Waals surface area contributed by atoms with E-state index in [1.165, 1.54) is 0 Å². The van der Waals surface area contributed by atoms with Crippen molar-refractivity contribution in [3.63, 3.8) is 0 Å². The van der Waals surface area contributed by atoms with Crippen LogP contribution in [0.4, 0.5) is 0 Å². The average Bonchev–Trinajstić information content (AvgIpc) is 2.60. The van der Waals surface area contributed by atoms with Crippen molar-refractivity contribution in [1.29, 1.82) is 0 Å². The molecule has 0 atom stereocenters. The summed E-state index contributed by atoms with van der Waals surface area (Å²) in [7, 11) is 0. The van der Waals surface area contributed by atoms with Gasteiger partial charge in [-0.3, -0.25) is 0 Å². The molecule has 0 saturated heterocycles. The van der Waals surface area contributed by atoms with Gasteiger partial charge >= 0.3 is 0 Å². The van der Waals surface area contributed by atoms with E-state index in [4.69, 9.17) is 29.2 Å². The molecule has 2 aromatic carbocycles. The maximum Gasteiger partial charge on any atom is 0.238 e. The van der Waals surface area contributed by atoms with Crippen LogP contribution in [0.1, 0.15) is 6.92 Å². The van der Waals surface area contributed by atoms with E-state index in [2.05, 4.69) is 0 Å². The minimum atomic E-state index is -0.474. The van der Waals surface area contributed by atoms with Crippen LogP contribution < -0.4 is 18.9 Å². The van der Waals surface area contributed by atoms with Crippen LogP contribution in [0, 0.1) is 0 Å². The van der Waals surface area contributed by atoms with Gasteiger partial charge in [0, 0.05) is 6.92 Å². The molecule has 0 aliphatic heterocycles. The van der Waals surface area contributed by atoms with Crippen LogP contribution in [0.5, 0.6) is 23.0 Å². The molecular formula is C18H22O6. The zero-order valence-electron chi connectivity index (χ0n) is 13.6. The number of aliphatic hydroxyl groups is 2. The Morgan fingerprint density at radius 3 is 1.33 bits per heavy atom. The highest BCUT2D eigenvalue weighted by Gasteiger charge is 2.06. The van der Waals surface area contributed by atoms with Crippen molar-refractivity contribution in [1.82, 2.24) is 0 Å². The van der Waals surface area contributed by atoms with Crippen molar-refractivity contribution in [2.45, 2.75) is 13.2 Å². The largest absolute Gasteiger partial charge is 0.491 e. The van der Waals surface area contributed by atoms with Crippen LogP contribution >= 0.6 is 0 Å². The molecule has 0 saturated carbocycles. The van der Waals surface area contributed by atoms with Crippen LogP contribution in [0.15, 0.2) is 48.5 Å². The number of benzene rings is 2. The smallest absolute Gasteiger partial charge is 0.238 e. The maximum atomic E-state index is 8.72. The lowest BCUT2D eigenvalue weighted by Crippen LogP contribution is -2.19. The Balaban J connectivity index is 1.82. The third-order valence-corrected chi connectivity index (χ3v) is 2.97. The molecule has 0 radical (unpaired) electrons. The van der Waals surface area contributed by atoms with Gasteiger partial charge in [-0.2, -0.15) is 0 Å². The first-order valence-corrected chi connectivity index (χ1v) is 7.72. The van der Waals surface area contributed by atoms with Gasteiger partial charge in [-0.1, -0.05) is 0 Å². The SMILES string of the molecule is CC(Oc1ccc(OCCO)cc1)Oc1ccc(OCCO)cc1. The summed E-state index contributed by atoms with van der Waals surface area (Å²) in [6, 6.07) is 14.2. The predicted molar refractivity (Wildman–Crippen MR) is 88.8 cm³/mol. The third-order valence-electron chi connectivity index (χ3n) is 2.97. The molecule has 0 aliphatic carbocycles. The molecule has 0 aromatic heterocycles. The summed E-state index contributed by atoms with van der Waals surface area (Å²) in [6.45, 7) is 2.28. The highest BCUT2D eigenvalue weighted by atomic mass is 16.7. The highest BCUT2D eigenvalue weighted by Crippen LogP contribution is 2.21. The lowest BCUT2D eigenvalue weighted by Gasteiger charge is -2.17. The number of hydrogen-bond donors (Lipinski definition) is 2. The van der Waals surface area contributed by atoms with Crippen molar-refractivity contribution in [2.24, 2.45) is 0 Å². The molecule has 6 nitrogen and oxygen atoms in total. The average molecular weight is 334 g/mol. The molecule has 0 amide bonds. The molecule has 0 spiro atoms. The van der Waals surface area contributed by atoms with Gasteiger partial charge in [0.15, 0.2) is 0 Å². The third kappa shape index (κ3) is 5.98. The maximum absolute atomic E-state index is 8.72. The molecule has 0 unspecified atom stereocenters. The Morgan fingerprint density at radius 2 is 1.00 bits per heavy atom. The Bertz CT molecular complexity index is 528. The summed E-state index contributed by atoms with van der Waals surface area (Å²) in [5.41, 5.74) is 0. The molecule has 0 aliphatic rings. The molecule has 0 heterocycles. The first kappa shape index (κ1) is 17.9. The van der Waals surface area contributed by atoms with E-state index >= 15 is 0 Å². The quantitative estimate of drug-likeness (QED) is 0.649. The normalized spacial score (nSPS) is 10.5. The standard InChI is InChI=1S/C18H22O6/c1-14(23-17-6-2-15(3-7-17)21-12-10-19)24-18-8-4-16(5-9-18)22-13-11-20/h2-9,14,19-20H,10-13H2,1H3. The molecule has 24 heavy (non-hydrogen) atoms. The van der Waals surface area contributed by atoms with Crippen molar-refractivity contribution < 1.29 is 29.2 Å². The first-order chi connectivity index (χ1) is 11.7. The van der Waals surface area contributed by atoms with E-state index in [9.17, 15) is 0 Å². The second kappa shape index (κ2) is 9.64. The van der Waals surface area contributed by atoms with Crippen molar-refractivity contribution in [3.05, 3.63) is 48.5 Å². The summed E-state index contributed by atoms with van der Waals surface area (Å²) < 4.78 is 21.9. The van der Waals surface area contributed by atoms with Crippen LogP contribution in [-0.4, -0.2) is 42.9 Å². The predicted octanol–water partition coefficient (Wildman–Crippen LogP) is 2.23. The number of ether oxygens (including phenoxy) is 4. The summed E-state index contributed by atoms with van der Waals surface area (Å²) in [5.74, 6) is 2.65. The number of rotatable bonds is 10. The molecule has 0 bridgehead atoms. The van der Waals surface area contributed by atoms with Gasteiger partial charge in [-0.15, -0.1) is 0 Å². The van der Waals surface area contributed by atoms with Gasteiger partial charge in [0.25, 0.3) is 0 Å². The molecule has 2 N–H and O–H groups in total. The fourth-order valence-corrected chi connectivity index (χ4v) is 1.96. The molecule has 2 aromatic rings. The van der Waals surface area contributed by atoms with Gasteiger partial charge in [0.1, 0.15) is 36.2 Å². The lowest BCUT2D eigenvalue weighted by atomic mass is 10.3. The Hall–Kier alpha value is -2.44. The van der Waals surface area contributed by atoms with Crippen LogP contribution in [0.3, 0.4) is 0 Å². The van der Waals surface area contributed by atoms with Crippen molar-refractivity contribution >= 4 is 0 Å². The highest BCUT2D eigenvalue weighted by molar-refractivity contribution is 5.32. The molecular weight excluding hydrogens is 312 g/mol.